The lowest BCUT2D eigenvalue weighted by molar-refractivity contribution is 0.257. The van der Waals surface area contributed by atoms with Gasteiger partial charge in [0.2, 0.25) is 5.89 Å². The van der Waals surface area contributed by atoms with E-state index in [-0.39, 0.29) is 12.0 Å². The summed E-state index contributed by atoms with van der Waals surface area (Å²) in [5.74, 6) is 1.07. The van der Waals surface area contributed by atoms with Crippen LogP contribution in [0.2, 0.25) is 0 Å². The lowest BCUT2D eigenvalue weighted by Crippen LogP contribution is -2.19. The van der Waals surface area contributed by atoms with Gasteiger partial charge >= 0.3 is 0 Å². The Balaban J connectivity index is 2.19. The van der Waals surface area contributed by atoms with E-state index in [1.165, 1.54) is 12.8 Å². The van der Waals surface area contributed by atoms with Crippen LogP contribution in [0.15, 0.2) is 4.52 Å². The van der Waals surface area contributed by atoms with E-state index in [2.05, 4.69) is 17.1 Å². The maximum atomic E-state index is 8.88. The van der Waals surface area contributed by atoms with Gasteiger partial charge in [0.25, 0.3) is 0 Å². The summed E-state index contributed by atoms with van der Waals surface area (Å²) in [6.07, 6.45) is 4.59. The number of hydrogen-bond acceptors (Lipinski definition) is 5. The van der Waals surface area contributed by atoms with Gasteiger partial charge in [0.1, 0.15) is 0 Å². The Morgan fingerprint density at radius 1 is 1.53 bits per heavy atom. The van der Waals surface area contributed by atoms with Crippen LogP contribution in [0, 0.1) is 0 Å². The Hall–Kier alpha value is -0.940. The largest absolute Gasteiger partial charge is 0.394 e. The molecule has 1 saturated carbocycles. The predicted molar refractivity (Wildman–Crippen MR) is 54.1 cm³/mol. The van der Waals surface area contributed by atoms with E-state index in [1.54, 1.807) is 0 Å². The minimum absolute atomic E-state index is 0.0143. The second-order valence-corrected chi connectivity index (χ2v) is 4.51. The molecule has 0 bridgehead atoms. The van der Waals surface area contributed by atoms with Gasteiger partial charge in [-0.05, 0) is 12.8 Å². The van der Waals surface area contributed by atoms with E-state index in [1.807, 2.05) is 0 Å². The van der Waals surface area contributed by atoms with Crippen LogP contribution in [-0.2, 0) is 5.41 Å². The summed E-state index contributed by atoms with van der Waals surface area (Å²) in [5.41, 5.74) is 5.63. The zero-order chi connectivity index (χ0) is 10.9. The van der Waals surface area contributed by atoms with Crippen molar-refractivity contribution >= 4 is 0 Å². The highest BCUT2D eigenvalue weighted by Gasteiger charge is 2.36. The first-order chi connectivity index (χ1) is 7.15. The Morgan fingerprint density at radius 3 is 2.80 bits per heavy atom. The van der Waals surface area contributed by atoms with Crippen LogP contribution in [-0.4, -0.2) is 21.9 Å². The number of aliphatic hydroxyl groups is 1. The lowest BCUT2D eigenvalue weighted by Gasteiger charge is -2.16. The van der Waals surface area contributed by atoms with Crippen molar-refractivity contribution in [2.45, 2.75) is 44.1 Å². The molecule has 1 unspecified atom stereocenters. The second kappa shape index (κ2) is 3.90. The highest BCUT2D eigenvalue weighted by molar-refractivity contribution is 5.06. The number of hydrogen-bond donors (Lipinski definition) is 2. The molecule has 1 aromatic heterocycles. The molecule has 0 aromatic carbocycles. The fraction of sp³-hybridized carbons (Fsp3) is 0.800. The van der Waals surface area contributed by atoms with Crippen LogP contribution in [0.4, 0.5) is 0 Å². The van der Waals surface area contributed by atoms with Gasteiger partial charge in [0.15, 0.2) is 5.82 Å². The van der Waals surface area contributed by atoms with Crippen molar-refractivity contribution in [3.63, 3.8) is 0 Å². The summed E-state index contributed by atoms with van der Waals surface area (Å²) >= 11 is 0. The quantitative estimate of drug-likeness (QED) is 0.775. The van der Waals surface area contributed by atoms with Crippen LogP contribution in [0.25, 0.3) is 0 Å². The van der Waals surface area contributed by atoms with Gasteiger partial charge in [-0.2, -0.15) is 4.98 Å². The molecular formula is C10H17N3O2. The third-order valence-electron chi connectivity index (χ3n) is 3.19. The third kappa shape index (κ3) is 1.89. The Kier molecular flexibility index (Phi) is 2.75. The molecule has 0 aliphatic heterocycles. The third-order valence-corrected chi connectivity index (χ3v) is 3.19. The van der Waals surface area contributed by atoms with E-state index in [9.17, 15) is 0 Å². The van der Waals surface area contributed by atoms with Crippen molar-refractivity contribution in [2.75, 3.05) is 6.61 Å². The summed E-state index contributed by atoms with van der Waals surface area (Å²) in [4.78, 5) is 4.27. The van der Waals surface area contributed by atoms with Crippen LogP contribution < -0.4 is 5.73 Å². The highest BCUT2D eigenvalue weighted by Crippen LogP contribution is 2.39. The maximum Gasteiger partial charge on any atom is 0.232 e. The monoisotopic (exact) mass is 211 g/mol. The van der Waals surface area contributed by atoms with Crippen molar-refractivity contribution in [2.24, 2.45) is 5.73 Å². The number of aromatic nitrogens is 2. The van der Waals surface area contributed by atoms with Gasteiger partial charge in [0.05, 0.1) is 12.6 Å². The van der Waals surface area contributed by atoms with Gasteiger partial charge in [-0.15, -0.1) is 0 Å². The van der Waals surface area contributed by atoms with Gasteiger partial charge in [-0.1, -0.05) is 24.9 Å². The van der Waals surface area contributed by atoms with Gasteiger partial charge in [-0.3, -0.25) is 0 Å². The average molecular weight is 211 g/mol. The minimum atomic E-state index is -0.535. The van der Waals surface area contributed by atoms with Crippen LogP contribution >= 0.6 is 0 Å². The molecule has 0 radical (unpaired) electrons. The summed E-state index contributed by atoms with van der Waals surface area (Å²) in [7, 11) is 0. The van der Waals surface area contributed by atoms with Crippen molar-refractivity contribution in [1.82, 2.24) is 10.1 Å². The first-order valence-corrected chi connectivity index (χ1v) is 5.36. The minimum Gasteiger partial charge on any atom is -0.394 e. The molecule has 1 atom stereocenters. The molecule has 5 nitrogen and oxygen atoms in total. The van der Waals surface area contributed by atoms with Crippen molar-refractivity contribution in [3.05, 3.63) is 11.7 Å². The van der Waals surface area contributed by atoms with Gasteiger partial charge < -0.3 is 15.4 Å². The molecule has 1 aliphatic carbocycles. The number of aliphatic hydroxyl groups excluding tert-OH is 1. The van der Waals surface area contributed by atoms with E-state index in [0.29, 0.717) is 11.7 Å². The first kappa shape index (κ1) is 10.6. The fourth-order valence-corrected chi connectivity index (χ4v) is 2.08. The zero-order valence-corrected chi connectivity index (χ0v) is 8.94. The lowest BCUT2D eigenvalue weighted by atomic mass is 9.89. The van der Waals surface area contributed by atoms with Crippen LogP contribution in [0.3, 0.4) is 0 Å². The van der Waals surface area contributed by atoms with Gasteiger partial charge in [-0.25, -0.2) is 0 Å². The molecule has 5 heteroatoms. The second-order valence-electron chi connectivity index (χ2n) is 4.51. The molecule has 3 N–H and O–H groups in total. The number of rotatable bonds is 3. The first-order valence-electron chi connectivity index (χ1n) is 5.36. The van der Waals surface area contributed by atoms with Crippen LogP contribution in [0.1, 0.15) is 50.4 Å². The average Bonchev–Trinajstić information content (AvgIpc) is 2.85. The van der Waals surface area contributed by atoms with Crippen molar-refractivity contribution in [1.29, 1.82) is 0 Å². The Labute approximate surface area is 88.7 Å². The molecule has 1 aromatic rings. The molecule has 84 valence electrons. The highest BCUT2D eigenvalue weighted by atomic mass is 16.5. The van der Waals surface area contributed by atoms with E-state index >= 15 is 0 Å². The van der Waals surface area contributed by atoms with E-state index < -0.39 is 6.04 Å². The summed E-state index contributed by atoms with van der Waals surface area (Å²) in [5, 5.41) is 12.7. The molecule has 2 rings (SSSR count). The zero-order valence-electron chi connectivity index (χ0n) is 8.94. The standard InChI is InChI=1S/C10H17N3O2/c1-10(4-2-3-5-10)9-12-8(13-15-9)7(11)6-14/h7,14H,2-6,11H2,1H3. The Bertz CT molecular complexity index is 331. The van der Waals surface area contributed by atoms with Crippen molar-refractivity contribution in [3.8, 4) is 0 Å². The topological polar surface area (TPSA) is 85.2 Å². The summed E-state index contributed by atoms with van der Waals surface area (Å²) in [6.45, 7) is 1.98. The molecule has 1 aliphatic rings. The van der Waals surface area contributed by atoms with E-state index in [0.717, 1.165) is 12.8 Å². The molecule has 15 heavy (non-hydrogen) atoms. The normalized spacial score (nSPS) is 21.8. The molecule has 1 fully saturated rings. The summed E-state index contributed by atoms with van der Waals surface area (Å²) < 4.78 is 5.22. The fourth-order valence-electron chi connectivity index (χ4n) is 2.08. The van der Waals surface area contributed by atoms with Gasteiger partial charge in [0, 0.05) is 5.41 Å². The molecule has 0 amide bonds. The SMILES string of the molecule is CC1(c2nc(C(N)CO)no2)CCCC1. The van der Waals surface area contributed by atoms with Crippen LogP contribution in [0.5, 0.6) is 0 Å². The molecule has 0 spiro atoms. The summed E-state index contributed by atoms with van der Waals surface area (Å²) in [6, 6.07) is -0.535. The maximum absolute atomic E-state index is 8.88. The van der Waals surface area contributed by atoms with Crippen molar-refractivity contribution < 1.29 is 9.63 Å². The molecule has 1 heterocycles. The molecular weight excluding hydrogens is 194 g/mol. The molecule has 0 saturated heterocycles. The smallest absolute Gasteiger partial charge is 0.232 e. The predicted octanol–water partition coefficient (Wildman–Crippen LogP) is 0.893. The Morgan fingerprint density at radius 2 is 2.20 bits per heavy atom. The van der Waals surface area contributed by atoms with E-state index in [4.69, 9.17) is 15.4 Å². The number of nitrogens with zero attached hydrogens (tertiary/aromatic N) is 2. The number of nitrogens with two attached hydrogens (primary N) is 1.